The molecule has 0 unspecified atom stereocenters. The van der Waals surface area contributed by atoms with Crippen LogP contribution in [0.2, 0.25) is 0 Å². The average Bonchev–Trinajstić information content (AvgIpc) is 2.23. The van der Waals surface area contributed by atoms with Gasteiger partial charge in [0, 0.05) is 10.5 Å². The quantitative estimate of drug-likeness (QED) is 0.417. The van der Waals surface area contributed by atoms with Gasteiger partial charge in [-0.15, -0.1) is 0 Å². The molecule has 0 spiro atoms. The number of rotatable bonds is 1. The van der Waals surface area contributed by atoms with E-state index in [0.29, 0.717) is 5.75 Å². The molecule has 0 aliphatic carbocycles. The summed E-state index contributed by atoms with van der Waals surface area (Å²) in [6.45, 7) is 0.167. The first kappa shape index (κ1) is 8.87. The molecule has 0 fully saturated rings. The summed E-state index contributed by atoms with van der Waals surface area (Å²) in [6.07, 6.45) is -0.763. The van der Waals surface area contributed by atoms with Gasteiger partial charge in [-0.05, 0) is 11.6 Å². The molecular weight excluding hydrogens is 182 g/mol. The van der Waals surface area contributed by atoms with Gasteiger partial charge in [0.15, 0.2) is 0 Å². The first-order chi connectivity index (χ1) is 6.83. The Bertz CT molecular complexity index is 387. The van der Waals surface area contributed by atoms with Crippen molar-refractivity contribution >= 4 is 0 Å². The Hall–Kier alpha value is -1.71. The van der Waals surface area contributed by atoms with Gasteiger partial charge < -0.3 is 9.84 Å². The summed E-state index contributed by atoms with van der Waals surface area (Å²) in [5.74, 6) is 0.676. The molecule has 1 aromatic rings. The minimum Gasteiger partial charge on any atom is -0.491 e. The first-order valence-corrected chi connectivity index (χ1v) is 4.27. The summed E-state index contributed by atoms with van der Waals surface area (Å²) in [5.41, 5.74) is 9.11. The number of aliphatic hydroxyl groups is 1. The zero-order valence-electron chi connectivity index (χ0n) is 7.37. The highest BCUT2D eigenvalue weighted by Crippen LogP contribution is 2.34. The predicted molar refractivity (Wildman–Crippen MR) is 49.8 cm³/mol. The van der Waals surface area contributed by atoms with Crippen molar-refractivity contribution in [3.63, 3.8) is 0 Å². The molecule has 1 aromatic carbocycles. The number of hydrogen-bond acceptors (Lipinski definition) is 3. The maximum Gasteiger partial charge on any atom is 0.123 e. The Balaban J connectivity index is 2.45. The maximum absolute atomic E-state index is 9.56. The van der Waals surface area contributed by atoms with E-state index in [9.17, 15) is 5.11 Å². The molecular formula is C9H9N3O2. The van der Waals surface area contributed by atoms with E-state index in [2.05, 4.69) is 10.0 Å². The molecule has 0 saturated carbocycles. The second kappa shape index (κ2) is 3.57. The van der Waals surface area contributed by atoms with Gasteiger partial charge in [0.2, 0.25) is 0 Å². The number of benzene rings is 1. The summed E-state index contributed by atoms with van der Waals surface area (Å²) in [5, 5.41) is 13.1. The topological polar surface area (TPSA) is 78.2 Å². The summed E-state index contributed by atoms with van der Waals surface area (Å²) in [7, 11) is 0. The minimum absolute atomic E-state index is 0.167. The van der Waals surface area contributed by atoms with E-state index < -0.39 is 12.1 Å². The number of azide groups is 1. The standard InChI is InChI=1S/C9H9N3O2/c10-12-11-9-6-3-1-2-4-8(6)14-5-7(9)13/h1-4,7,9,13H,5H2/t7-,9-/m0/s1. The van der Waals surface area contributed by atoms with Crippen LogP contribution in [0, 0.1) is 0 Å². The maximum atomic E-state index is 9.56. The van der Waals surface area contributed by atoms with Gasteiger partial charge in [0.25, 0.3) is 0 Å². The van der Waals surface area contributed by atoms with Crippen LogP contribution in [0.1, 0.15) is 11.6 Å². The van der Waals surface area contributed by atoms with Crippen molar-refractivity contribution in [3.8, 4) is 5.75 Å². The van der Waals surface area contributed by atoms with Crippen LogP contribution in [0.25, 0.3) is 10.4 Å². The van der Waals surface area contributed by atoms with Crippen molar-refractivity contribution in [2.24, 2.45) is 5.11 Å². The van der Waals surface area contributed by atoms with Gasteiger partial charge in [-0.25, -0.2) is 0 Å². The third-order valence-electron chi connectivity index (χ3n) is 2.19. The first-order valence-electron chi connectivity index (χ1n) is 4.27. The highest BCUT2D eigenvalue weighted by Gasteiger charge is 2.27. The molecule has 2 rings (SSSR count). The number of ether oxygens (including phenoxy) is 1. The van der Waals surface area contributed by atoms with Crippen LogP contribution in [-0.2, 0) is 0 Å². The van der Waals surface area contributed by atoms with Crippen molar-refractivity contribution in [2.45, 2.75) is 12.1 Å². The van der Waals surface area contributed by atoms with Crippen LogP contribution in [-0.4, -0.2) is 17.8 Å². The average molecular weight is 191 g/mol. The molecule has 0 saturated heterocycles. The van der Waals surface area contributed by atoms with E-state index in [-0.39, 0.29) is 6.61 Å². The molecule has 0 amide bonds. The molecule has 0 bridgehead atoms. The summed E-state index contributed by atoms with van der Waals surface area (Å²) >= 11 is 0. The molecule has 1 heterocycles. The molecule has 1 N–H and O–H groups in total. The van der Waals surface area contributed by atoms with Gasteiger partial charge in [-0.1, -0.05) is 23.3 Å². The van der Waals surface area contributed by atoms with Crippen molar-refractivity contribution in [1.29, 1.82) is 0 Å². The molecule has 72 valence electrons. The third kappa shape index (κ3) is 1.39. The fourth-order valence-corrected chi connectivity index (χ4v) is 1.52. The Kier molecular flexibility index (Phi) is 2.26. The van der Waals surface area contributed by atoms with E-state index >= 15 is 0 Å². The number of para-hydroxylation sites is 1. The number of aliphatic hydroxyl groups excluding tert-OH is 1. The summed E-state index contributed by atoms with van der Waals surface area (Å²) in [4.78, 5) is 2.72. The SMILES string of the molecule is [N-]=[N+]=N[C@H]1c2ccccc2OC[C@@H]1O. The monoisotopic (exact) mass is 191 g/mol. The van der Waals surface area contributed by atoms with Crippen LogP contribution in [0.15, 0.2) is 29.4 Å². The molecule has 14 heavy (non-hydrogen) atoms. The van der Waals surface area contributed by atoms with Crippen LogP contribution < -0.4 is 4.74 Å². The molecule has 5 heteroatoms. The highest BCUT2D eigenvalue weighted by molar-refractivity contribution is 5.38. The van der Waals surface area contributed by atoms with Gasteiger partial charge in [0.1, 0.15) is 18.5 Å². The summed E-state index contributed by atoms with van der Waals surface area (Å²) < 4.78 is 5.28. The van der Waals surface area contributed by atoms with Crippen molar-refractivity contribution in [1.82, 2.24) is 0 Å². The van der Waals surface area contributed by atoms with Crippen LogP contribution in [0.4, 0.5) is 0 Å². The Morgan fingerprint density at radius 2 is 2.29 bits per heavy atom. The third-order valence-corrected chi connectivity index (χ3v) is 2.19. The van der Waals surface area contributed by atoms with Crippen molar-refractivity contribution < 1.29 is 9.84 Å². The number of nitrogens with zero attached hydrogens (tertiary/aromatic N) is 3. The number of hydrogen-bond donors (Lipinski definition) is 1. The smallest absolute Gasteiger partial charge is 0.123 e. The Morgan fingerprint density at radius 1 is 1.50 bits per heavy atom. The lowest BCUT2D eigenvalue weighted by molar-refractivity contribution is 0.0680. The molecule has 1 aliphatic rings. The fourth-order valence-electron chi connectivity index (χ4n) is 1.52. The largest absolute Gasteiger partial charge is 0.491 e. The van der Waals surface area contributed by atoms with Crippen LogP contribution >= 0.6 is 0 Å². The zero-order valence-corrected chi connectivity index (χ0v) is 7.37. The predicted octanol–water partition coefficient (Wildman–Crippen LogP) is 1.79. The van der Waals surface area contributed by atoms with Gasteiger partial charge >= 0.3 is 0 Å². The van der Waals surface area contributed by atoms with Crippen LogP contribution in [0.3, 0.4) is 0 Å². The Labute approximate surface area is 80.6 Å². The second-order valence-electron chi connectivity index (χ2n) is 3.07. The highest BCUT2D eigenvalue weighted by atomic mass is 16.5. The van der Waals surface area contributed by atoms with E-state index in [0.717, 1.165) is 5.56 Å². The lowest BCUT2D eigenvalue weighted by Gasteiger charge is -2.26. The van der Waals surface area contributed by atoms with Crippen molar-refractivity contribution in [2.75, 3.05) is 6.61 Å². The minimum atomic E-state index is -0.763. The lowest BCUT2D eigenvalue weighted by Crippen LogP contribution is -2.29. The van der Waals surface area contributed by atoms with Crippen molar-refractivity contribution in [3.05, 3.63) is 40.3 Å². The van der Waals surface area contributed by atoms with Gasteiger partial charge in [0.05, 0.1) is 6.04 Å². The van der Waals surface area contributed by atoms with Gasteiger partial charge in [-0.2, -0.15) is 0 Å². The van der Waals surface area contributed by atoms with E-state index in [4.69, 9.17) is 10.3 Å². The summed E-state index contributed by atoms with van der Waals surface area (Å²) in [6, 6.07) is 6.70. The zero-order chi connectivity index (χ0) is 9.97. The molecule has 5 nitrogen and oxygen atoms in total. The fraction of sp³-hybridized carbons (Fsp3) is 0.333. The van der Waals surface area contributed by atoms with Crippen LogP contribution in [0.5, 0.6) is 5.75 Å². The number of fused-ring (bicyclic) bond motifs is 1. The van der Waals surface area contributed by atoms with E-state index in [1.807, 2.05) is 12.1 Å². The molecule has 1 aliphatic heterocycles. The lowest BCUT2D eigenvalue weighted by atomic mass is 9.99. The molecule has 2 atom stereocenters. The normalized spacial score (nSPS) is 24.4. The van der Waals surface area contributed by atoms with Gasteiger partial charge in [-0.3, -0.25) is 0 Å². The van der Waals surface area contributed by atoms with E-state index in [1.165, 1.54) is 0 Å². The molecule has 0 aromatic heterocycles. The Morgan fingerprint density at radius 3 is 3.07 bits per heavy atom. The van der Waals surface area contributed by atoms with E-state index in [1.54, 1.807) is 12.1 Å². The molecule has 0 radical (unpaired) electrons. The second-order valence-corrected chi connectivity index (χ2v) is 3.07.